The van der Waals surface area contributed by atoms with Crippen molar-refractivity contribution in [3.63, 3.8) is 0 Å². The number of aliphatic hydroxyl groups excluding tert-OH is 1. The van der Waals surface area contributed by atoms with Gasteiger partial charge in [-0.3, -0.25) is 4.79 Å². The zero-order chi connectivity index (χ0) is 15.8. The highest BCUT2D eigenvalue weighted by atomic mass is 19.1. The van der Waals surface area contributed by atoms with E-state index in [1.54, 1.807) is 6.07 Å². The SMILES string of the molecule is CC(C)NCC(O)COc1ccc(CCC(=O)O)cc1F. The lowest BCUT2D eigenvalue weighted by atomic mass is 10.1. The van der Waals surface area contributed by atoms with Gasteiger partial charge in [0.15, 0.2) is 11.6 Å². The smallest absolute Gasteiger partial charge is 0.303 e. The molecule has 5 nitrogen and oxygen atoms in total. The molecule has 1 aromatic rings. The summed E-state index contributed by atoms with van der Waals surface area (Å²) in [5.41, 5.74) is 0.601. The Bertz CT molecular complexity index is 465. The average Bonchev–Trinajstić information content (AvgIpc) is 2.41. The molecule has 0 aliphatic carbocycles. The van der Waals surface area contributed by atoms with Gasteiger partial charge in [-0.15, -0.1) is 0 Å². The van der Waals surface area contributed by atoms with Crippen LogP contribution in [-0.2, 0) is 11.2 Å². The third-order valence-corrected chi connectivity index (χ3v) is 2.82. The maximum atomic E-state index is 13.8. The Morgan fingerprint density at radius 2 is 2.14 bits per heavy atom. The molecule has 1 atom stereocenters. The number of aliphatic hydroxyl groups is 1. The second-order valence-corrected chi connectivity index (χ2v) is 5.19. The highest BCUT2D eigenvalue weighted by Gasteiger charge is 2.10. The van der Waals surface area contributed by atoms with Crippen LogP contribution in [0.3, 0.4) is 0 Å². The van der Waals surface area contributed by atoms with E-state index in [0.717, 1.165) is 0 Å². The zero-order valence-corrected chi connectivity index (χ0v) is 12.3. The van der Waals surface area contributed by atoms with E-state index < -0.39 is 17.9 Å². The first-order valence-electron chi connectivity index (χ1n) is 6.93. The molecule has 0 radical (unpaired) electrons. The van der Waals surface area contributed by atoms with Crippen LogP contribution in [0.5, 0.6) is 5.75 Å². The molecule has 0 saturated heterocycles. The number of carboxylic acids is 1. The minimum Gasteiger partial charge on any atom is -0.488 e. The molecular weight excluding hydrogens is 277 g/mol. The van der Waals surface area contributed by atoms with Crippen molar-refractivity contribution in [2.45, 2.75) is 38.8 Å². The van der Waals surface area contributed by atoms with Gasteiger partial charge in [0.2, 0.25) is 0 Å². The van der Waals surface area contributed by atoms with Gasteiger partial charge >= 0.3 is 5.97 Å². The van der Waals surface area contributed by atoms with E-state index in [-0.39, 0.29) is 31.2 Å². The summed E-state index contributed by atoms with van der Waals surface area (Å²) in [5, 5.41) is 21.3. The van der Waals surface area contributed by atoms with Crippen molar-refractivity contribution in [1.82, 2.24) is 5.32 Å². The molecule has 0 heterocycles. The maximum absolute atomic E-state index is 13.8. The van der Waals surface area contributed by atoms with Gasteiger partial charge in [-0.05, 0) is 24.1 Å². The molecular formula is C15H22FNO4. The minimum absolute atomic E-state index is 0.00882. The van der Waals surface area contributed by atoms with Gasteiger partial charge in [0.25, 0.3) is 0 Å². The molecule has 0 aliphatic heterocycles. The summed E-state index contributed by atoms with van der Waals surface area (Å²) in [4.78, 5) is 10.5. The molecule has 0 aliphatic rings. The van der Waals surface area contributed by atoms with Gasteiger partial charge in [0, 0.05) is 19.0 Å². The van der Waals surface area contributed by atoms with Crippen LogP contribution in [-0.4, -0.2) is 41.5 Å². The van der Waals surface area contributed by atoms with Gasteiger partial charge in [0.05, 0.1) is 0 Å². The fraction of sp³-hybridized carbons (Fsp3) is 0.533. The van der Waals surface area contributed by atoms with Gasteiger partial charge in [-0.25, -0.2) is 4.39 Å². The Labute approximate surface area is 123 Å². The third-order valence-electron chi connectivity index (χ3n) is 2.82. The van der Waals surface area contributed by atoms with E-state index in [2.05, 4.69) is 5.32 Å². The molecule has 3 N–H and O–H groups in total. The van der Waals surface area contributed by atoms with Crippen LogP contribution in [0.2, 0.25) is 0 Å². The van der Waals surface area contributed by atoms with Gasteiger partial charge in [-0.2, -0.15) is 0 Å². The Morgan fingerprint density at radius 1 is 1.43 bits per heavy atom. The number of hydrogen-bond acceptors (Lipinski definition) is 4. The van der Waals surface area contributed by atoms with Crippen LogP contribution in [0.25, 0.3) is 0 Å². The summed E-state index contributed by atoms with van der Waals surface area (Å²) in [6.45, 7) is 4.29. The van der Waals surface area contributed by atoms with Crippen LogP contribution < -0.4 is 10.1 Å². The van der Waals surface area contributed by atoms with Crippen molar-refractivity contribution in [1.29, 1.82) is 0 Å². The first kappa shape index (κ1) is 17.4. The predicted molar refractivity (Wildman–Crippen MR) is 77.0 cm³/mol. The van der Waals surface area contributed by atoms with Gasteiger partial charge in [0.1, 0.15) is 12.7 Å². The van der Waals surface area contributed by atoms with Crippen molar-refractivity contribution in [2.24, 2.45) is 0 Å². The van der Waals surface area contributed by atoms with Crippen molar-refractivity contribution in [3.8, 4) is 5.75 Å². The number of nitrogens with one attached hydrogen (secondary N) is 1. The Morgan fingerprint density at radius 3 is 2.71 bits per heavy atom. The van der Waals surface area contributed by atoms with Crippen molar-refractivity contribution < 1.29 is 24.1 Å². The van der Waals surface area contributed by atoms with Crippen molar-refractivity contribution in [3.05, 3.63) is 29.6 Å². The van der Waals surface area contributed by atoms with E-state index in [9.17, 15) is 14.3 Å². The molecule has 0 spiro atoms. The summed E-state index contributed by atoms with van der Waals surface area (Å²) >= 11 is 0. The molecule has 0 amide bonds. The van der Waals surface area contributed by atoms with Crippen LogP contribution in [0.4, 0.5) is 4.39 Å². The highest BCUT2D eigenvalue weighted by Crippen LogP contribution is 2.19. The van der Waals surface area contributed by atoms with Crippen molar-refractivity contribution in [2.75, 3.05) is 13.2 Å². The highest BCUT2D eigenvalue weighted by molar-refractivity contribution is 5.67. The lowest BCUT2D eigenvalue weighted by molar-refractivity contribution is -0.136. The van der Waals surface area contributed by atoms with Crippen molar-refractivity contribution >= 4 is 5.97 Å². The van der Waals surface area contributed by atoms with Gasteiger partial charge < -0.3 is 20.3 Å². The number of benzene rings is 1. The first-order valence-corrected chi connectivity index (χ1v) is 6.93. The van der Waals surface area contributed by atoms with E-state index in [1.165, 1.54) is 12.1 Å². The summed E-state index contributed by atoms with van der Waals surface area (Å²) < 4.78 is 19.0. The van der Waals surface area contributed by atoms with Crippen LogP contribution in [0, 0.1) is 5.82 Å². The fourth-order valence-corrected chi connectivity index (χ4v) is 1.68. The average molecular weight is 299 g/mol. The van der Waals surface area contributed by atoms with Crippen LogP contribution >= 0.6 is 0 Å². The topological polar surface area (TPSA) is 78.8 Å². The number of ether oxygens (including phenoxy) is 1. The number of halogens is 1. The molecule has 0 bridgehead atoms. The van der Waals surface area contributed by atoms with E-state index in [4.69, 9.17) is 9.84 Å². The molecule has 6 heteroatoms. The second kappa shape index (κ2) is 8.59. The number of carbonyl (C=O) groups is 1. The quantitative estimate of drug-likeness (QED) is 0.645. The largest absolute Gasteiger partial charge is 0.488 e. The third kappa shape index (κ3) is 7.06. The fourth-order valence-electron chi connectivity index (χ4n) is 1.68. The first-order chi connectivity index (χ1) is 9.88. The summed E-state index contributed by atoms with van der Waals surface area (Å²) in [5.74, 6) is -1.42. The molecule has 1 rings (SSSR count). The van der Waals surface area contributed by atoms with Crippen LogP contribution in [0.1, 0.15) is 25.8 Å². The molecule has 118 valence electrons. The molecule has 0 aromatic heterocycles. The molecule has 0 saturated carbocycles. The zero-order valence-electron chi connectivity index (χ0n) is 12.3. The number of hydrogen-bond donors (Lipinski definition) is 3. The Balaban J connectivity index is 2.47. The van der Waals surface area contributed by atoms with E-state index >= 15 is 0 Å². The van der Waals surface area contributed by atoms with Crippen LogP contribution in [0.15, 0.2) is 18.2 Å². The minimum atomic E-state index is -0.920. The Hall–Kier alpha value is -1.66. The summed E-state index contributed by atoms with van der Waals surface area (Å²) in [6, 6.07) is 4.59. The lowest BCUT2D eigenvalue weighted by Gasteiger charge is -2.15. The van der Waals surface area contributed by atoms with Gasteiger partial charge in [-0.1, -0.05) is 19.9 Å². The number of aliphatic carboxylic acids is 1. The number of carboxylic acid groups (broad SMARTS) is 1. The molecule has 21 heavy (non-hydrogen) atoms. The maximum Gasteiger partial charge on any atom is 0.303 e. The molecule has 1 aromatic carbocycles. The standard InChI is InChI=1S/C15H22FNO4/c1-10(2)17-8-12(18)9-21-14-5-3-11(7-13(14)16)4-6-15(19)20/h3,5,7,10,12,17-18H,4,6,8-9H2,1-2H3,(H,19,20). The second-order valence-electron chi connectivity index (χ2n) is 5.19. The number of rotatable bonds is 9. The van der Waals surface area contributed by atoms with E-state index in [0.29, 0.717) is 12.1 Å². The predicted octanol–water partition coefficient (Wildman–Crippen LogP) is 1.58. The number of aryl methyl sites for hydroxylation is 1. The molecule has 1 unspecified atom stereocenters. The lowest BCUT2D eigenvalue weighted by Crippen LogP contribution is -2.35. The normalized spacial score (nSPS) is 12.4. The Kier molecular flexibility index (Phi) is 7.11. The van der Waals surface area contributed by atoms with E-state index in [1.807, 2.05) is 13.8 Å². The summed E-state index contributed by atoms with van der Waals surface area (Å²) in [6.07, 6.45) is -0.495. The monoisotopic (exact) mass is 299 g/mol. The molecule has 0 fully saturated rings. The summed E-state index contributed by atoms with van der Waals surface area (Å²) in [7, 11) is 0.